The minimum absolute atomic E-state index is 0.260. The molecule has 3 aromatic rings. The largest absolute Gasteiger partial charge is 0.320 e. The third-order valence-electron chi connectivity index (χ3n) is 3.02. The van der Waals surface area contributed by atoms with Gasteiger partial charge in [0.1, 0.15) is 0 Å². The summed E-state index contributed by atoms with van der Waals surface area (Å²) < 4.78 is 0.992. The Balaban J connectivity index is 1.74. The number of anilines is 1. The number of hydrogen-bond donors (Lipinski definition) is 1. The highest BCUT2D eigenvalue weighted by Crippen LogP contribution is 2.26. The summed E-state index contributed by atoms with van der Waals surface area (Å²) in [6, 6.07) is 16.9. The van der Waals surface area contributed by atoms with E-state index in [1.165, 1.54) is 0 Å². The predicted molar refractivity (Wildman–Crippen MR) is 102 cm³/mol. The van der Waals surface area contributed by atoms with Crippen molar-refractivity contribution in [1.29, 1.82) is 0 Å². The summed E-state index contributed by atoms with van der Waals surface area (Å²) in [7, 11) is 0. The van der Waals surface area contributed by atoms with Gasteiger partial charge in [0.05, 0.1) is 5.03 Å². The van der Waals surface area contributed by atoms with Crippen molar-refractivity contribution in [2.75, 3.05) is 5.32 Å². The van der Waals surface area contributed by atoms with E-state index in [0.717, 1.165) is 21.4 Å². The van der Waals surface area contributed by atoms with Crippen LogP contribution in [0.15, 0.2) is 59.1 Å². The van der Waals surface area contributed by atoms with E-state index in [1.54, 1.807) is 18.2 Å². The van der Waals surface area contributed by atoms with Crippen molar-refractivity contribution in [1.82, 2.24) is 10.2 Å². The number of hydrogen-bond acceptors (Lipinski definition) is 4. The lowest BCUT2D eigenvalue weighted by atomic mass is 10.2. The van der Waals surface area contributed by atoms with Gasteiger partial charge in [-0.25, -0.2) is 0 Å². The quantitative estimate of drug-likeness (QED) is 0.624. The van der Waals surface area contributed by atoms with Gasteiger partial charge in [-0.2, -0.15) is 0 Å². The summed E-state index contributed by atoms with van der Waals surface area (Å²) in [6.07, 6.45) is 1.79. The Bertz CT molecular complexity index is 878. The zero-order valence-corrected chi connectivity index (χ0v) is 15.4. The van der Waals surface area contributed by atoms with E-state index in [-0.39, 0.29) is 10.9 Å². The minimum Gasteiger partial charge on any atom is -0.320 e. The van der Waals surface area contributed by atoms with Gasteiger partial charge in [0.2, 0.25) is 5.01 Å². The standard InChI is InChI=1S/C17H11BrClN3OS/c18-12-8-6-11(7-9-12)10-14(19)16-21-22-17(24-16)15(23)20-13-4-2-1-3-5-13/h1-10H,(H,20,23)/b14-10-. The van der Waals surface area contributed by atoms with Crippen molar-refractivity contribution >= 4 is 61.6 Å². The normalized spacial score (nSPS) is 11.3. The third kappa shape index (κ3) is 4.29. The predicted octanol–water partition coefficient (Wildman–Crippen LogP) is 5.29. The molecule has 0 bridgehead atoms. The second kappa shape index (κ2) is 7.70. The van der Waals surface area contributed by atoms with Gasteiger partial charge in [-0.15, -0.1) is 10.2 Å². The molecule has 0 aliphatic heterocycles. The van der Waals surface area contributed by atoms with Crippen molar-refractivity contribution in [3.8, 4) is 0 Å². The first-order valence-corrected chi connectivity index (χ1v) is 8.93. The third-order valence-corrected chi connectivity index (χ3v) is 4.90. The smallest absolute Gasteiger partial charge is 0.286 e. The van der Waals surface area contributed by atoms with E-state index in [1.807, 2.05) is 42.5 Å². The molecule has 0 spiro atoms. The molecule has 3 rings (SSSR count). The zero-order chi connectivity index (χ0) is 16.9. The first kappa shape index (κ1) is 16.8. The highest BCUT2D eigenvalue weighted by Gasteiger charge is 2.14. The van der Waals surface area contributed by atoms with Crippen molar-refractivity contribution in [3.05, 3.63) is 74.6 Å². The topological polar surface area (TPSA) is 54.9 Å². The van der Waals surface area contributed by atoms with Gasteiger partial charge < -0.3 is 5.32 Å². The number of carbonyl (C=O) groups is 1. The van der Waals surface area contributed by atoms with Crippen molar-refractivity contribution in [2.24, 2.45) is 0 Å². The highest BCUT2D eigenvalue weighted by molar-refractivity contribution is 9.10. The summed E-state index contributed by atoms with van der Waals surface area (Å²) in [4.78, 5) is 12.2. The van der Waals surface area contributed by atoms with E-state index in [0.29, 0.717) is 15.7 Å². The van der Waals surface area contributed by atoms with E-state index < -0.39 is 0 Å². The molecule has 0 unspecified atom stereocenters. The monoisotopic (exact) mass is 419 g/mol. The van der Waals surface area contributed by atoms with Crippen LogP contribution in [0.5, 0.6) is 0 Å². The van der Waals surface area contributed by atoms with Crippen LogP contribution in [0.3, 0.4) is 0 Å². The number of rotatable bonds is 4. The Hall–Kier alpha value is -2.02. The van der Waals surface area contributed by atoms with Crippen LogP contribution in [-0.2, 0) is 0 Å². The average molecular weight is 421 g/mol. The molecule has 1 N–H and O–H groups in total. The van der Waals surface area contributed by atoms with Crippen LogP contribution in [0.4, 0.5) is 5.69 Å². The number of nitrogens with zero attached hydrogens (tertiary/aromatic N) is 2. The second-order valence-corrected chi connectivity index (χ2v) is 7.08. The molecule has 1 heterocycles. The number of carbonyl (C=O) groups excluding carboxylic acids is 1. The average Bonchev–Trinajstić information content (AvgIpc) is 3.08. The first-order valence-electron chi connectivity index (χ1n) is 6.95. The highest BCUT2D eigenvalue weighted by atomic mass is 79.9. The molecular formula is C17H11BrClN3OS. The van der Waals surface area contributed by atoms with Gasteiger partial charge in [-0.3, -0.25) is 4.79 Å². The van der Waals surface area contributed by atoms with Gasteiger partial charge in [-0.1, -0.05) is 69.2 Å². The molecule has 1 amide bonds. The van der Waals surface area contributed by atoms with Gasteiger partial charge in [0.15, 0.2) is 5.01 Å². The molecule has 0 saturated carbocycles. The van der Waals surface area contributed by atoms with Crippen LogP contribution < -0.4 is 5.32 Å². The lowest BCUT2D eigenvalue weighted by Crippen LogP contribution is -2.11. The van der Waals surface area contributed by atoms with Crippen LogP contribution in [0.1, 0.15) is 20.4 Å². The van der Waals surface area contributed by atoms with E-state index in [4.69, 9.17) is 11.6 Å². The van der Waals surface area contributed by atoms with E-state index in [2.05, 4.69) is 31.4 Å². The van der Waals surface area contributed by atoms with Crippen LogP contribution in [0.2, 0.25) is 0 Å². The second-order valence-electron chi connectivity index (χ2n) is 4.78. The van der Waals surface area contributed by atoms with E-state index in [9.17, 15) is 4.79 Å². The van der Waals surface area contributed by atoms with Crippen molar-refractivity contribution < 1.29 is 4.79 Å². The fraction of sp³-hybridized carbons (Fsp3) is 0. The summed E-state index contributed by atoms with van der Waals surface area (Å²) in [5, 5.41) is 11.9. The molecule has 4 nitrogen and oxygen atoms in total. The molecule has 0 radical (unpaired) electrons. The summed E-state index contributed by atoms with van der Waals surface area (Å²) in [5.74, 6) is -0.307. The molecule has 7 heteroatoms. The van der Waals surface area contributed by atoms with Gasteiger partial charge in [0.25, 0.3) is 5.91 Å². The fourth-order valence-electron chi connectivity index (χ4n) is 1.88. The maximum absolute atomic E-state index is 12.2. The SMILES string of the molecule is O=C(Nc1ccccc1)c1nnc(/C(Cl)=C/c2ccc(Br)cc2)s1. The molecule has 24 heavy (non-hydrogen) atoms. The summed E-state index contributed by atoms with van der Waals surface area (Å²) in [5.41, 5.74) is 1.64. The molecule has 0 aliphatic rings. The molecule has 0 aliphatic carbocycles. The number of nitrogens with one attached hydrogen (secondary N) is 1. The van der Waals surface area contributed by atoms with E-state index >= 15 is 0 Å². The Kier molecular flexibility index (Phi) is 5.40. The maximum Gasteiger partial charge on any atom is 0.286 e. The molecule has 2 aromatic carbocycles. The molecule has 0 atom stereocenters. The molecule has 0 saturated heterocycles. The Morgan fingerprint density at radius 1 is 1.04 bits per heavy atom. The number of amides is 1. The molecule has 0 fully saturated rings. The maximum atomic E-state index is 12.2. The van der Waals surface area contributed by atoms with Crippen LogP contribution in [-0.4, -0.2) is 16.1 Å². The Morgan fingerprint density at radius 3 is 2.42 bits per heavy atom. The number of benzene rings is 2. The molecule has 120 valence electrons. The van der Waals surface area contributed by atoms with Gasteiger partial charge in [0, 0.05) is 10.2 Å². The van der Waals surface area contributed by atoms with Crippen LogP contribution >= 0.6 is 38.9 Å². The van der Waals surface area contributed by atoms with Crippen LogP contribution in [0.25, 0.3) is 11.1 Å². The lowest BCUT2D eigenvalue weighted by Gasteiger charge is -2.00. The van der Waals surface area contributed by atoms with Crippen LogP contribution in [0, 0.1) is 0 Å². The number of halogens is 2. The fourth-order valence-corrected chi connectivity index (χ4v) is 3.08. The molecular weight excluding hydrogens is 410 g/mol. The minimum atomic E-state index is -0.307. The van der Waals surface area contributed by atoms with Crippen molar-refractivity contribution in [3.63, 3.8) is 0 Å². The van der Waals surface area contributed by atoms with Gasteiger partial charge in [-0.05, 0) is 35.9 Å². The molecule has 1 aromatic heterocycles. The van der Waals surface area contributed by atoms with Crippen molar-refractivity contribution in [2.45, 2.75) is 0 Å². The zero-order valence-electron chi connectivity index (χ0n) is 12.2. The Labute approximate surface area is 156 Å². The summed E-state index contributed by atoms with van der Waals surface area (Å²) in [6.45, 7) is 0. The Morgan fingerprint density at radius 2 is 1.71 bits per heavy atom. The number of para-hydroxylation sites is 1. The van der Waals surface area contributed by atoms with Gasteiger partial charge >= 0.3 is 0 Å². The number of aromatic nitrogens is 2. The summed E-state index contributed by atoms with van der Waals surface area (Å²) >= 11 is 10.8. The first-order chi connectivity index (χ1) is 11.6. The lowest BCUT2D eigenvalue weighted by molar-refractivity contribution is 0.102.